The van der Waals surface area contributed by atoms with E-state index in [1.165, 1.54) is 0 Å². The Morgan fingerprint density at radius 3 is 2.80 bits per heavy atom. The van der Waals surface area contributed by atoms with E-state index in [0.29, 0.717) is 17.3 Å². The second kappa shape index (κ2) is 7.83. The number of carbonyl (C=O) groups is 1. The highest BCUT2D eigenvalue weighted by Gasteiger charge is 2.21. The number of benzene rings is 1. The summed E-state index contributed by atoms with van der Waals surface area (Å²) in [5, 5.41) is 3.92. The molecule has 0 spiro atoms. The lowest BCUT2D eigenvalue weighted by Crippen LogP contribution is -2.18. The Balaban J connectivity index is 1.64. The van der Waals surface area contributed by atoms with Crippen LogP contribution in [0.1, 0.15) is 25.2 Å². The van der Waals surface area contributed by atoms with Crippen LogP contribution in [0.25, 0.3) is 11.4 Å². The van der Waals surface area contributed by atoms with Gasteiger partial charge in [0.1, 0.15) is 0 Å². The molecule has 0 saturated heterocycles. The van der Waals surface area contributed by atoms with Gasteiger partial charge in [-0.05, 0) is 37.5 Å². The van der Waals surface area contributed by atoms with E-state index < -0.39 is 0 Å². The van der Waals surface area contributed by atoms with Gasteiger partial charge in [-0.2, -0.15) is 4.98 Å². The lowest BCUT2D eigenvalue weighted by Gasteiger charge is -2.15. The van der Waals surface area contributed by atoms with Crippen molar-refractivity contribution in [2.24, 2.45) is 5.92 Å². The Morgan fingerprint density at radius 1 is 1.24 bits per heavy atom. The molecule has 25 heavy (non-hydrogen) atoms. The summed E-state index contributed by atoms with van der Waals surface area (Å²) >= 11 is 0. The van der Waals surface area contributed by atoms with E-state index in [2.05, 4.69) is 16.2 Å². The van der Waals surface area contributed by atoms with Gasteiger partial charge >= 0.3 is 5.97 Å². The Bertz CT molecular complexity index is 769. The van der Waals surface area contributed by atoms with Crippen molar-refractivity contribution in [3.63, 3.8) is 0 Å². The van der Waals surface area contributed by atoms with Crippen molar-refractivity contribution in [1.29, 1.82) is 0 Å². The van der Waals surface area contributed by atoms with E-state index in [9.17, 15) is 4.79 Å². The number of esters is 1. The number of nitrogens with zero attached hydrogens (tertiary/aromatic N) is 2. The van der Waals surface area contributed by atoms with Crippen molar-refractivity contribution in [1.82, 2.24) is 10.1 Å². The molecule has 0 bridgehead atoms. The minimum atomic E-state index is -0.227. The molecule has 1 heterocycles. The summed E-state index contributed by atoms with van der Waals surface area (Å²) in [6.45, 7) is -0.0284. The first-order chi connectivity index (χ1) is 12.2. The zero-order valence-electron chi connectivity index (χ0n) is 14.2. The minimum Gasteiger partial charge on any atom is -0.493 e. The van der Waals surface area contributed by atoms with Gasteiger partial charge in [0.15, 0.2) is 18.1 Å². The maximum atomic E-state index is 12.0. The van der Waals surface area contributed by atoms with Crippen LogP contribution in [0.2, 0.25) is 0 Å². The molecule has 7 nitrogen and oxygen atoms in total. The predicted octanol–water partition coefficient (Wildman–Crippen LogP) is 3.15. The van der Waals surface area contributed by atoms with Gasteiger partial charge in [-0.3, -0.25) is 4.79 Å². The number of hydrogen-bond donors (Lipinski definition) is 0. The van der Waals surface area contributed by atoms with Crippen LogP contribution in [-0.2, 0) is 16.1 Å². The lowest BCUT2D eigenvalue weighted by molar-refractivity contribution is -0.150. The molecular formula is C18H20N2O5. The summed E-state index contributed by atoms with van der Waals surface area (Å²) in [6, 6.07) is 5.32. The van der Waals surface area contributed by atoms with Gasteiger partial charge in [-0.25, -0.2) is 0 Å². The molecule has 132 valence electrons. The highest BCUT2D eigenvalue weighted by atomic mass is 16.6. The molecule has 1 aromatic heterocycles. The first kappa shape index (κ1) is 17.0. The molecule has 1 aliphatic carbocycles. The maximum absolute atomic E-state index is 12.0. The average Bonchev–Trinajstić information content (AvgIpc) is 3.15. The Labute approximate surface area is 145 Å². The highest BCUT2D eigenvalue weighted by Crippen LogP contribution is 2.31. The van der Waals surface area contributed by atoms with Gasteiger partial charge in [0.05, 0.1) is 20.1 Å². The second-order valence-electron chi connectivity index (χ2n) is 5.67. The molecule has 0 unspecified atom stereocenters. The minimum absolute atomic E-state index is 0.0284. The van der Waals surface area contributed by atoms with Crippen molar-refractivity contribution in [3.05, 3.63) is 36.2 Å². The molecule has 0 N–H and O–H groups in total. The van der Waals surface area contributed by atoms with Crippen molar-refractivity contribution in [3.8, 4) is 22.9 Å². The summed E-state index contributed by atoms with van der Waals surface area (Å²) in [4.78, 5) is 16.3. The molecule has 0 amide bonds. The third-order valence-corrected chi connectivity index (χ3v) is 4.05. The first-order valence-corrected chi connectivity index (χ1v) is 8.08. The molecule has 3 rings (SSSR count). The molecule has 0 radical (unpaired) electrons. The van der Waals surface area contributed by atoms with Crippen LogP contribution in [0.4, 0.5) is 0 Å². The van der Waals surface area contributed by atoms with Crippen LogP contribution in [0, 0.1) is 5.92 Å². The molecule has 0 aliphatic heterocycles. The van der Waals surface area contributed by atoms with Crippen molar-refractivity contribution in [2.45, 2.75) is 25.9 Å². The van der Waals surface area contributed by atoms with Gasteiger partial charge < -0.3 is 18.7 Å². The zero-order chi connectivity index (χ0) is 17.6. The van der Waals surface area contributed by atoms with Crippen LogP contribution >= 0.6 is 0 Å². The van der Waals surface area contributed by atoms with E-state index >= 15 is 0 Å². The molecular weight excluding hydrogens is 324 g/mol. The predicted molar refractivity (Wildman–Crippen MR) is 89.1 cm³/mol. The maximum Gasteiger partial charge on any atom is 0.309 e. The van der Waals surface area contributed by atoms with Crippen molar-refractivity contribution >= 4 is 5.97 Å². The number of allylic oxidation sites excluding steroid dienone is 2. The average molecular weight is 344 g/mol. The van der Waals surface area contributed by atoms with Crippen LogP contribution < -0.4 is 9.47 Å². The van der Waals surface area contributed by atoms with Gasteiger partial charge in [-0.15, -0.1) is 0 Å². The monoisotopic (exact) mass is 344 g/mol. The van der Waals surface area contributed by atoms with Gasteiger partial charge in [-0.1, -0.05) is 17.3 Å². The van der Waals surface area contributed by atoms with Crippen molar-refractivity contribution < 1.29 is 23.5 Å². The Kier molecular flexibility index (Phi) is 5.33. The largest absolute Gasteiger partial charge is 0.493 e. The fourth-order valence-corrected chi connectivity index (χ4v) is 2.66. The van der Waals surface area contributed by atoms with E-state index in [0.717, 1.165) is 24.8 Å². The number of rotatable bonds is 6. The van der Waals surface area contributed by atoms with E-state index in [-0.39, 0.29) is 24.4 Å². The van der Waals surface area contributed by atoms with Crippen molar-refractivity contribution in [2.75, 3.05) is 14.2 Å². The van der Waals surface area contributed by atoms with Gasteiger partial charge in [0.2, 0.25) is 5.82 Å². The lowest BCUT2D eigenvalue weighted by atomic mass is 9.95. The number of carbonyl (C=O) groups excluding carboxylic acids is 1. The van der Waals surface area contributed by atoms with Crippen LogP contribution in [0.5, 0.6) is 11.5 Å². The third-order valence-electron chi connectivity index (χ3n) is 4.05. The Morgan fingerprint density at radius 2 is 2.08 bits per heavy atom. The second-order valence-corrected chi connectivity index (χ2v) is 5.67. The number of hydrogen-bond acceptors (Lipinski definition) is 7. The quantitative estimate of drug-likeness (QED) is 0.588. The van der Waals surface area contributed by atoms with Gasteiger partial charge in [0, 0.05) is 5.56 Å². The molecule has 0 fully saturated rings. The standard InChI is InChI=1S/C18H20N2O5/c1-22-14-9-8-13(10-15(14)23-2)17-19-16(25-20-17)11-24-18(21)12-6-4-3-5-7-12/h3-4,8-10,12H,5-7,11H2,1-2H3/t12-/m0/s1. The fourth-order valence-electron chi connectivity index (χ4n) is 2.66. The zero-order valence-corrected chi connectivity index (χ0v) is 14.2. The third kappa shape index (κ3) is 3.99. The Hall–Kier alpha value is -2.83. The van der Waals surface area contributed by atoms with E-state index in [1.807, 2.05) is 6.08 Å². The normalized spacial score (nSPS) is 16.5. The highest BCUT2D eigenvalue weighted by molar-refractivity contribution is 5.72. The SMILES string of the molecule is COc1ccc(-c2noc(COC(=O)[C@H]3CC=CCC3)n2)cc1OC. The number of ether oxygens (including phenoxy) is 3. The van der Waals surface area contributed by atoms with Gasteiger partial charge in [0.25, 0.3) is 5.89 Å². The first-order valence-electron chi connectivity index (χ1n) is 8.08. The summed E-state index contributed by atoms with van der Waals surface area (Å²) in [5.74, 6) is 1.53. The summed E-state index contributed by atoms with van der Waals surface area (Å²) < 4.78 is 20.9. The van der Waals surface area contributed by atoms with Crippen LogP contribution in [0.15, 0.2) is 34.9 Å². The summed E-state index contributed by atoms with van der Waals surface area (Å²) in [7, 11) is 3.13. The number of aromatic nitrogens is 2. The molecule has 1 aromatic carbocycles. The van der Waals surface area contributed by atoms with E-state index in [1.54, 1.807) is 32.4 Å². The smallest absolute Gasteiger partial charge is 0.309 e. The molecule has 7 heteroatoms. The fraction of sp³-hybridized carbons (Fsp3) is 0.389. The molecule has 1 aliphatic rings. The molecule has 0 saturated carbocycles. The topological polar surface area (TPSA) is 83.7 Å². The number of methoxy groups -OCH3 is 2. The van der Waals surface area contributed by atoms with Crippen LogP contribution in [-0.4, -0.2) is 30.3 Å². The molecule has 1 atom stereocenters. The summed E-state index contributed by atoms with van der Waals surface area (Å²) in [6.07, 6.45) is 6.54. The molecule has 2 aromatic rings. The van der Waals surface area contributed by atoms with Crippen LogP contribution in [0.3, 0.4) is 0 Å². The summed E-state index contributed by atoms with van der Waals surface area (Å²) in [5.41, 5.74) is 0.719. The van der Waals surface area contributed by atoms with E-state index in [4.69, 9.17) is 18.7 Å².